The molecule has 0 bridgehead atoms. The van der Waals surface area contributed by atoms with E-state index in [0.717, 1.165) is 37.0 Å². The third kappa shape index (κ3) is 6.32. The Kier molecular flexibility index (Phi) is 7.89. The second-order valence-corrected chi connectivity index (χ2v) is 9.79. The topological polar surface area (TPSA) is 42.4 Å². The van der Waals surface area contributed by atoms with Gasteiger partial charge in [0.2, 0.25) is 0 Å². The Bertz CT molecular complexity index is 1430. The molecule has 0 spiro atoms. The normalized spacial score (nSPS) is 13.6. The van der Waals surface area contributed by atoms with Crippen molar-refractivity contribution in [2.24, 2.45) is 0 Å². The molecular formula is C32H30F2N2O2. The number of Topliss-reactive ketones (excluding diaryl/α,β-unsaturated/α-hetero) is 1. The molecule has 0 saturated carbocycles. The van der Waals surface area contributed by atoms with Crippen LogP contribution in [0.2, 0.25) is 0 Å². The molecule has 194 valence electrons. The monoisotopic (exact) mass is 512 g/mol. The van der Waals surface area contributed by atoms with E-state index in [0.29, 0.717) is 28.2 Å². The van der Waals surface area contributed by atoms with Gasteiger partial charge in [0.25, 0.3) is 0 Å². The number of ether oxygens (including phenoxy) is 1. The van der Waals surface area contributed by atoms with E-state index in [-0.39, 0.29) is 18.6 Å². The fraction of sp³-hybridized carbons (Fsp3) is 0.250. The van der Waals surface area contributed by atoms with E-state index >= 15 is 0 Å². The number of likely N-dealkylation sites (tertiary alicyclic amines) is 1. The minimum atomic E-state index is -0.644. The largest absolute Gasteiger partial charge is 0.457 e. The molecule has 5 rings (SSSR count). The average molecular weight is 513 g/mol. The Labute approximate surface area is 221 Å². The number of rotatable bonds is 9. The van der Waals surface area contributed by atoms with Crippen molar-refractivity contribution >= 4 is 5.78 Å². The number of nitrogens with zero attached hydrogens (tertiary/aromatic N) is 2. The van der Waals surface area contributed by atoms with Crippen LogP contribution in [0.15, 0.2) is 79.0 Å². The predicted octanol–water partition coefficient (Wildman–Crippen LogP) is 7.54. The van der Waals surface area contributed by atoms with Crippen LogP contribution in [0.4, 0.5) is 8.78 Å². The molecule has 1 aliphatic heterocycles. The molecule has 0 radical (unpaired) electrons. The summed E-state index contributed by atoms with van der Waals surface area (Å²) in [4.78, 5) is 20.0. The number of halogens is 2. The second kappa shape index (κ2) is 11.7. The highest BCUT2D eigenvalue weighted by atomic mass is 19.1. The Hall–Kier alpha value is -3.90. The van der Waals surface area contributed by atoms with Crippen LogP contribution in [0.5, 0.6) is 11.5 Å². The van der Waals surface area contributed by atoms with E-state index in [1.165, 1.54) is 30.5 Å². The molecule has 4 aromatic rings. The van der Waals surface area contributed by atoms with Crippen molar-refractivity contribution in [3.63, 3.8) is 0 Å². The van der Waals surface area contributed by atoms with Crippen LogP contribution in [-0.4, -0.2) is 28.8 Å². The number of benzene rings is 3. The van der Waals surface area contributed by atoms with Gasteiger partial charge in [-0.05, 0) is 80.7 Å². The van der Waals surface area contributed by atoms with Crippen LogP contribution < -0.4 is 4.74 Å². The van der Waals surface area contributed by atoms with Crippen LogP contribution in [0.3, 0.4) is 0 Å². The molecule has 0 unspecified atom stereocenters. The minimum absolute atomic E-state index is 0.108. The molecule has 2 heterocycles. The van der Waals surface area contributed by atoms with E-state index in [1.807, 2.05) is 19.1 Å². The van der Waals surface area contributed by atoms with Crippen molar-refractivity contribution in [2.75, 3.05) is 13.1 Å². The summed E-state index contributed by atoms with van der Waals surface area (Å²) in [6.07, 6.45) is 4.64. The maximum atomic E-state index is 13.5. The zero-order chi connectivity index (χ0) is 26.5. The second-order valence-electron chi connectivity index (χ2n) is 9.79. The number of ketones is 1. The summed E-state index contributed by atoms with van der Waals surface area (Å²) in [6, 6.07) is 20.8. The van der Waals surface area contributed by atoms with Gasteiger partial charge in [0.05, 0.1) is 5.69 Å². The Morgan fingerprint density at radius 3 is 2.47 bits per heavy atom. The zero-order valence-corrected chi connectivity index (χ0v) is 21.4. The van der Waals surface area contributed by atoms with E-state index in [2.05, 4.69) is 34.1 Å². The van der Waals surface area contributed by atoms with Crippen LogP contribution in [-0.2, 0) is 13.0 Å². The lowest BCUT2D eigenvalue weighted by atomic mass is 9.98. The van der Waals surface area contributed by atoms with Gasteiger partial charge < -0.3 is 4.74 Å². The molecule has 0 amide bonds. The number of aryl methyl sites for hydroxylation is 1. The van der Waals surface area contributed by atoms with E-state index in [9.17, 15) is 13.6 Å². The first kappa shape index (κ1) is 25.7. The molecule has 0 aliphatic carbocycles. The number of pyridine rings is 1. The van der Waals surface area contributed by atoms with Crippen molar-refractivity contribution in [3.05, 3.63) is 113 Å². The SMILES string of the molecule is Cc1c(Oc2ccnc(-c3cccc(CN4CCCC4)c3)c2)cccc1C(=O)CCc1cc(F)cc(F)c1. The Morgan fingerprint density at radius 1 is 0.921 bits per heavy atom. The summed E-state index contributed by atoms with van der Waals surface area (Å²) in [5.41, 5.74) is 4.81. The quantitative estimate of drug-likeness (QED) is 0.217. The van der Waals surface area contributed by atoms with Gasteiger partial charge in [-0.15, -0.1) is 0 Å². The lowest BCUT2D eigenvalue weighted by Crippen LogP contribution is -2.18. The van der Waals surface area contributed by atoms with Crippen molar-refractivity contribution in [2.45, 2.75) is 39.2 Å². The number of carbonyl (C=O) groups is 1. The molecule has 3 aromatic carbocycles. The summed E-state index contributed by atoms with van der Waals surface area (Å²) >= 11 is 0. The molecule has 0 atom stereocenters. The third-order valence-corrected chi connectivity index (χ3v) is 6.93. The average Bonchev–Trinajstić information content (AvgIpc) is 3.41. The van der Waals surface area contributed by atoms with Gasteiger partial charge >= 0.3 is 0 Å². The van der Waals surface area contributed by atoms with Crippen LogP contribution in [0, 0.1) is 18.6 Å². The smallest absolute Gasteiger partial charge is 0.163 e. The van der Waals surface area contributed by atoms with Gasteiger partial charge in [-0.2, -0.15) is 0 Å². The van der Waals surface area contributed by atoms with Gasteiger partial charge in [-0.25, -0.2) is 8.78 Å². The van der Waals surface area contributed by atoms with E-state index < -0.39 is 11.6 Å². The van der Waals surface area contributed by atoms with Gasteiger partial charge in [0.1, 0.15) is 23.1 Å². The molecule has 1 aliphatic rings. The first-order valence-corrected chi connectivity index (χ1v) is 13.0. The summed E-state index contributed by atoms with van der Waals surface area (Å²) in [7, 11) is 0. The molecule has 4 nitrogen and oxygen atoms in total. The molecule has 38 heavy (non-hydrogen) atoms. The van der Waals surface area contributed by atoms with Gasteiger partial charge in [-0.1, -0.05) is 30.3 Å². The molecule has 0 N–H and O–H groups in total. The van der Waals surface area contributed by atoms with Gasteiger partial charge in [-0.3, -0.25) is 14.7 Å². The van der Waals surface area contributed by atoms with Crippen LogP contribution in [0.25, 0.3) is 11.3 Å². The first-order valence-electron chi connectivity index (χ1n) is 13.0. The molecular weight excluding hydrogens is 482 g/mol. The highest BCUT2D eigenvalue weighted by Gasteiger charge is 2.15. The summed E-state index contributed by atoms with van der Waals surface area (Å²) in [5.74, 6) is -0.193. The van der Waals surface area contributed by atoms with E-state index in [4.69, 9.17) is 4.74 Å². The highest BCUT2D eigenvalue weighted by molar-refractivity contribution is 5.98. The van der Waals surface area contributed by atoms with Crippen molar-refractivity contribution in [1.29, 1.82) is 0 Å². The molecule has 1 fully saturated rings. The third-order valence-electron chi connectivity index (χ3n) is 6.93. The molecule has 6 heteroatoms. The maximum absolute atomic E-state index is 13.5. The number of aromatic nitrogens is 1. The van der Waals surface area contributed by atoms with E-state index in [1.54, 1.807) is 24.4 Å². The van der Waals surface area contributed by atoms with Crippen molar-refractivity contribution < 1.29 is 18.3 Å². The van der Waals surface area contributed by atoms with Gasteiger partial charge in [0.15, 0.2) is 5.78 Å². The molecule has 1 saturated heterocycles. The lowest BCUT2D eigenvalue weighted by Gasteiger charge is -2.15. The lowest BCUT2D eigenvalue weighted by molar-refractivity contribution is 0.0981. The number of hydrogen-bond donors (Lipinski definition) is 0. The predicted molar refractivity (Wildman–Crippen MR) is 144 cm³/mol. The zero-order valence-electron chi connectivity index (χ0n) is 21.4. The number of hydrogen-bond acceptors (Lipinski definition) is 4. The van der Waals surface area contributed by atoms with Crippen LogP contribution >= 0.6 is 0 Å². The first-order chi connectivity index (χ1) is 18.4. The fourth-order valence-corrected chi connectivity index (χ4v) is 4.96. The standard InChI is InChI=1S/C32H30F2N2O2/c1-22-29(31(37)11-10-23-17-26(33)19-27(34)18-23)8-5-9-32(22)38-28-12-13-35-30(20-28)25-7-4-6-24(16-25)21-36-14-2-3-15-36/h4-9,12-13,16-20H,2-3,10-11,14-15,21H2,1H3. The summed E-state index contributed by atoms with van der Waals surface area (Å²) in [6.45, 7) is 5.08. The fourth-order valence-electron chi connectivity index (χ4n) is 4.96. The number of carbonyl (C=O) groups excluding carboxylic acids is 1. The Balaban J connectivity index is 1.29. The summed E-state index contributed by atoms with van der Waals surface area (Å²) in [5, 5.41) is 0. The summed E-state index contributed by atoms with van der Waals surface area (Å²) < 4.78 is 33.2. The minimum Gasteiger partial charge on any atom is -0.457 e. The highest BCUT2D eigenvalue weighted by Crippen LogP contribution is 2.30. The Morgan fingerprint density at radius 2 is 1.68 bits per heavy atom. The van der Waals surface area contributed by atoms with Gasteiger partial charge in [0, 0.05) is 48.0 Å². The van der Waals surface area contributed by atoms with Crippen molar-refractivity contribution in [3.8, 4) is 22.8 Å². The van der Waals surface area contributed by atoms with Crippen molar-refractivity contribution in [1.82, 2.24) is 9.88 Å². The van der Waals surface area contributed by atoms with Crippen LogP contribution in [0.1, 0.15) is 46.3 Å². The molecule has 1 aromatic heterocycles. The maximum Gasteiger partial charge on any atom is 0.163 e.